The van der Waals surface area contributed by atoms with Gasteiger partial charge in [-0.2, -0.15) is 0 Å². The van der Waals surface area contributed by atoms with Crippen LogP contribution in [0.1, 0.15) is 30.4 Å². The lowest BCUT2D eigenvalue weighted by Crippen LogP contribution is -2.39. The van der Waals surface area contributed by atoms with E-state index in [4.69, 9.17) is 4.74 Å². The maximum absolute atomic E-state index is 10.9. The van der Waals surface area contributed by atoms with E-state index in [1.54, 1.807) is 7.11 Å². The van der Waals surface area contributed by atoms with Gasteiger partial charge in [0, 0.05) is 20.2 Å². The Morgan fingerprint density at radius 1 is 1.33 bits per heavy atom. The molecule has 1 aliphatic carbocycles. The number of nitrogens with one attached hydrogen (secondary N) is 1. The molecular formula is C15H23NO2. The minimum absolute atomic E-state index is 0.605. The molecule has 0 radical (unpaired) electrons. The third-order valence-corrected chi connectivity index (χ3v) is 3.71. The second kappa shape index (κ2) is 6.32. The molecule has 0 spiro atoms. The molecule has 0 aliphatic heterocycles. The first kappa shape index (κ1) is 13.5. The fraction of sp³-hybridized carbons (Fsp3) is 0.600. The van der Waals surface area contributed by atoms with Crippen molar-refractivity contribution in [2.45, 2.75) is 31.3 Å². The Bertz CT molecular complexity index is 381. The van der Waals surface area contributed by atoms with Crippen LogP contribution in [0.25, 0.3) is 0 Å². The smallest absolute Gasteiger partial charge is 0.102 e. The molecule has 1 aromatic rings. The second-order valence-electron chi connectivity index (χ2n) is 5.07. The van der Waals surface area contributed by atoms with Crippen LogP contribution in [0.5, 0.6) is 0 Å². The molecule has 0 aromatic heterocycles. The molecule has 18 heavy (non-hydrogen) atoms. The van der Waals surface area contributed by atoms with Crippen molar-refractivity contribution in [1.29, 1.82) is 0 Å². The van der Waals surface area contributed by atoms with Crippen molar-refractivity contribution in [3.63, 3.8) is 0 Å². The van der Waals surface area contributed by atoms with Crippen molar-refractivity contribution in [3.8, 4) is 0 Å². The quantitative estimate of drug-likeness (QED) is 0.618. The number of aliphatic hydroxyl groups is 1. The molecule has 1 atom stereocenters. The van der Waals surface area contributed by atoms with Gasteiger partial charge in [-0.1, -0.05) is 24.3 Å². The van der Waals surface area contributed by atoms with Gasteiger partial charge in [0.1, 0.15) is 5.60 Å². The van der Waals surface area contributed by atoms with Crippen LogP contribution in [-0.4, -0.2) is 31.9 Å². The SMILES string of the molecule is COCCNCC1(O)CCCCc2ccccc21. The Hall–Kier alpha value is -0.900. The van der Waals surface area contributed by atoms with Crippen molar-refractivity contribution in [1.82, 2.24) is 5.32 Å². The van der Waals surface area contributed by atoms with E-state index < -0.39 is 5.60 Å². The molecule has 3 heteroatoms. The highest BCUT2D eigenvalue weighted by Crippen LogP contribution is 2.33. The molecule has 3 nitrogen and oxygen atoms in total. The van der Waals surface area contributed by atoms with E-state index in [9.17, 15) is 5.11 Å². The van der Waals surface area contributed by atoms with E-state index in [1.165, 1.54) is 5.56 Å². The summed E-state index contributed by atoms with van der Waals surface area (Å²) in [7, 11) is 1.69. The summed E-state index contributed by atoms with van der Waals surface area (Å²) in [6, 6.07) is 8.28. The second-order valence-corrected chi connectivity index (χ2v) is 5.07. The Balaban J connectivity index is 2.10. The zero-order chi connectivity index (χ0) is 12.8. The highest BCUT2D eigenvalue weighted by molar-refractivity contribution is 5.33. The van der Waals surface area contributed by atoms with Crippen LogP contribution in [0.2, 0.25) is 0 Å². The van der Waals surface area contributed by atoms with Crippen LogP contribution in [0, 0.1) is 0 Å². The number of methoxy groups -OCH3 is 1. The first-order chi connectivity index (χ1) is 8.76. The Kier molecular flexibility index (Phi) is 4.75. The predicted molar refractivity (Wildman–Crippen MR) is 72.6 cm³/mol. The highest BCUT2D eigenvalue weighted by Gasteiger charge is 2.32. The van der Waals surface area contributed by atoms with Crippen molar-refractivity contribution < 1.29 is 9.84 Å². The largest absolute Gasteiger partial charge is 0.384 e. The molecule has 0 saturated carbocycles. The average molecular weight is 249 g/mol. The van der Waals surface area contributed by atoms with Gasteiger partial charge in [0.05, 0.1) is 6.61 Å². The Morgan fingerprint density at radius 3 is 3.00 bits per heavy atom. The van der Waals surface area contributed by atoms with Gasteiger partial charge in [0.25, 0.3) is 0 Å². The van der Waals surface area contributed by atoms with Crippen molar-refractivity contribution in [3.05, 3.63) is 35.4 Å². The van der Waals surface area contributed by atoms with Crippen LogP contribution in [-0.2, 0) is 16.8 Å². The molecule has 2 N–H and O–H groups in total. The maximum Gasteiger partial charge on any atom is 0.102 e. The van der Waals surface area contributed by atoms with E-state index >= 15 is 0 Å². The molecule has 2 rings (SSSR count). The summed E-state index contributed by atoms with van der Waals surface area (Å²) in [4.78, 5) is 0. The zero-order valence-electron chi connectivity index (χ0n) is 11.1. The van der Waals surface area contributed by atoms with Crippen LogP contribution < -0.4 is 5.32 Å². The maximum atomic E-state index is 10.9. The molecular weight excluding hydrogens is 226 g/mol. The standard InChI is InChI=1S/C15H23NO2/c1-18-11-10-16-12-15(17)9-5-4-7-13-6-2-3-8-14(13)15/h2-3,6,8,16-17H,4-5,7,9-12H2,1H3. The average Bonchev–Trinajstić information content (AvgIpc) is 2.56. The molecule has 100 valence electrons. The molecule has 1 aromatic carbocycles. The summed E-state index contributed by atoms with van der Waals surface area (Å²) >= 11 is 0. The van der Waals surface area contributed by atoms with Gasteiger partial charge < -0.3 is 15.2 Å². The number of ether oxygens (including phenoxy) is 1. The van der Waals surface area contributed by atoms with E-state index in [2.05, 4.69) is 23.5 Å². The van der Waals surface area contributed by atoms with Gasteiger partial charge in [0.15, 0.2) is 0 Å². The minimum Gasteiger partial charge on any atom is -0.384 e. The lowest BCUT2D eigenvalue weighted by Gasteiger charge is -2.29. The number of fused-ring (bicyclic) bond motifs is 1. The number of aryl methyl sites for hydroxylation is 1. The zero-order valence-corrected chi connectivity index (χ0v) is 11.1. The molecule has 0 amide bonds. The molecule has 1 unspecified atom stereocenters. The van der Waals surface area contributed by atoms with Crippen LogP contribution in [0.4, 0.5) is 0 Å². The molecule has 1 aliphatic rings. The summed E-state index contributed by atoms with van der Waals surface area (Å²) in [5, 5.41) is 14.2. The van der Waals surface area contributed by atoms with Gasteiger partial charge in [-0.3, -0.25) is 0 Å². The lowest BCUT2D eigenvalue weighted by atomic mass is 9.88. The van der Waals surface area contributed by atoms with Gasteiger partial charge in [0.2, 0.25) is 0 Å². The number of benzene rings is 1. The third kappa shape index (κ3) is 3.10. The van der Waals surface area contributed by atoms with Crippen molar-refractivity contribution >= 4 is 0 Å². The van der Waals surface area contributed by atoms with Gasteiger partial charge in [-0.25, -0.2) is 0 Å². The summed E-state index contributed by atoms with van der Waals surface area (Å²) in [6.45, 7) is 2.06. The van der Waals surface area contributed by atoms with Gasteiger partial charge in [-0.15, -0.1) is 0 Å². The normalized spacial score (nSPS) is 23.4. The summed E-state index contributed by atoms with van der Waals surface area (Å²) < 4.78 is 5.01. The highest BCUT2D eigenvalue weighted by atomic mass is 16.5. The molecule has 0 bridgehead atoms. The molecule has 0 fully saturated rings. The predicted octanol–water partition coefficient (Wildman–Crippen LogP) is 1.84. The summed E-state index contributed by atoms with van der Waals surface area (Å²) in [5.41, 5.74) is 1.68. The first-order valence-electron chi connectivity index (χ1n) is 6.77. The lowest BCUT2D eigenvalue weighted by molar-refractivity contribution is 0.0259. The van der Waals surface area contributed by atoms with Crippen LogP contribution in [0.3, 0.4) is 0 Å². The van der Waals surface area contributed by atoms with Gasteiger partial charge >= 0.3 is 0 Å². The monoisotopic (exact) mass is 249 g/mol. The number of hydrogen-bond donors (Lipinski definition) is 2. The van der Waals surface area contributed by atoms with Crippen LogP contribution in [0.15, 0.2) is 24.3 Å². The third-order valence-electron chi connectivity index (χ3n) is 3.71. The molecule has 0 heterocycles. The fourth-order valence-electron chi connectivity index (χ4n) is 2.71. The van der Waals surface area contributed by atoms with Crippen molar-refractivity contribution in [2.75, 3.05) is 26.8 Å². The Labute approximate surface area is 109 Å². The summed E-state index contributed by atoms with van der Waals surface area (Å²) in [5.74, 6) is 0. The van der Waals surface area contributed by atoms with E-state index in [-0.39, 0.29) is 0 Å². The molecule has 0 saturated heterocycles. The van der Waals surface area contributed by atoms with Gasteiger partial charge in [-0.05, 0) is 36.8 Å². The number of hydrogen-bond acceptors (Lipinski definition) is 3. The summed E-state index contributed by atoms with van der Waals surface area (Å²) in [6.07, 6.45) is 4.16. The Morgan fingerprint density at radius 2 is 2.17 bits per heavy atom. The van der Waals surface area contributed by atoms with Crippen LogP contribution >= 0.6 is 0 Å². The number of rotatable bonds is 5. The minimum atomic E-state index is -0.721. The van der Waals surface area contributed by atoms with Crippen molar-refractivity contribution in [2.24, 2.45) is 0 Å². The van der Waals surface area contributed by atoms with E-state index in [0.717, 1.165) is 37.8 Å². The fourth-order valence-corrected chi connectivity index (χ4v) is 2.71. The van der Waals surface area contributed by atoms with E-state index in [0.29, 0.717) is 13.2 Å². The first-order valence-corrected chi connectivity index (χ1v) is 6.77. The van der Waals surface area contributed by atoms with E-state index in [1.807, 2.05) is 6.07 Å². The topological polar surface area (TPSA) is 41.5 Å².